The van der Waals surface area contributed by atoms with E-state index in [0.717, 1.165) is 0 Å². The summed E-state index contributed by atoms with van der Waals surface area (Å²) >= 11 is 14.7. The minimum Gasteiger partial charge on any atom is -0.499 e. The maximum Gasteiger partial charge on any atom is 0.190 e. The molecule has 0 amide bonds. The van der Waals surface area contributed by atoms with Crippen LogP contribution in [-0.4, -0.2) is 20.3 Å². The quantitative estimate of drug-likeness (QED) is 0.447. The number of aliphatic hydroxyl groups excluding tert-OH is 2. The van der Waals surface area contributed by atoms with Crippen LogP contribution in [0.25, 0.3) is 0 Å². The predicted molar refractivity (Wildman–Crippen MR) is 114 cm³/mol. The van der Waals surface area contributed by atoms with Crippen molar-refractivity contribution in [3.05, 3.63) is 82.9 Å². The van der Waals surface area contributed by atoms with Crippen molar-refractivity contribution in [1.82, 2.24) is 0 Å². The third kappa shape index (κ3) is 10.9. The summed E-state index contributed by atoms with van der Waals surface area (Å²) in [6.07, 6.45) is 4.00. The lowest BCUT2D eigenvalue weighted by atomic mass is 10.2. The first kappa shape index (κ1) is 24.5. The molecular weight excluding hydrogens is 360 g/mol. The monoisotopic (exact) mass is 382 g/mol. The highest BCUT2D eigenvalue weighted by atomic mass is 35.5. The lowest BCUT2D eigenvalue weighted by Gasteiger charge is -1.96. The summed E-state index contributed by atoms with van der Waals surface area (Å²) in [5.41, 5.74) is 1.21. The van der Waals surface area contributed by atoms with Gasteiger partial charge in [-0.15, -0.1) is 0 Å². The van der Waals surface area contributed by atoms with Crippen molar-refractivity contribution in [2.45, 2.75) is 21.3 Å². The van der Waals surface area contributed by atoms with Crippen molar-refractivity contribution < 1.29 is 10.2 Å². The molecule has 130 valence electrons. The molecule has 0 spiro atoms. The molecule has 2 aromatic rings. The molecule has 0 saturated heterocycles. The standard InChI is InChI=1S/C7H5ClOS.C7H6OS.C4H8.CH4/c8-6-4-2-1-3-5(6)7(9)10;8-7(9)6-4-2-1-3-5-6;1-3-4-2;/h1-4H,(H,9,10);1-5H,(H,8,9);3-4H,1-2H3;1H4. The van der Waals surface area contributed by atoms with Crippen LogP contribution in [0.3, 0.4) is 0 Å². The van der Waals surface area contributed by atoms with Crippen molar-refractivity contribution in [3.63, 3.8) is 0 Å². The predicted octanol–water partition coefficient (Wildman–Crippen LogP) is 6.71. The summed E-state index contributed by atoms with van der Waals surface area (Å²) in [4.78, 5) is 0. The summed E-state index contributed by atoms with van der Waals surface area (Å²) in [6.45, 7) is 4.00. The molecule has 0 atom stereocenters. The topological polar surface area (TPSA) is 40.5 Å². The summed E-state index contributed by atoms with van der Waals surface area (Å²) < 4.78 is 0. The number of hydrogen-bond donors (Lipinski definition) is 2. The van der Waals surface area contributed by atoms with Gasteiger partial charge in [-0.3, -0.25) is 0 Å². The minimum atomic E-state index is -0.161. The number of rotatable bonds is 2. The average molecular weight is 383 g/mol. The van der Waals surface area contributed by atoms with E-state index in [9.17, 15) is 0 Å². The minimum absolute atomic E-state index is 0. The van der Waals surface area contributed by atoms with E-state index in [4.69, 9.17) is 21.8 Å². The van der Waals surface area contributed by atoms with E-state index < -0.39 is 0 Å². The van der Waals surface area contributed by atoms with E-state index in [1.807, 2.05) is 44.2 Å². The Bertz CT molecular complexity index is 637. The van der Waals surface area contributed by atoms with Gasteiger partial charge < -0.3 is 10.2 Å². The Hall–Kier alpha value is -1.75. The Morgan fingerprint density at radius 1 is 0.833 bits per heavy atom. The summed E-state index contributed by atoms with van der Waals surface area (Å²) in [5.74, 6) is 0. The van der Waals surface area contributed by atoms with E-state index in [1.54, 1.807) is 36.4 Å². The first-order valence-electron chi connectivity index (χ1n) is 6.77. The van der Waals surface area contributed by atoms with Crippen LogP contribution in [0.4, 0.5) is 0 Å². The molecule has 0 aliphatic heterocycles. The van der Waals surface area contributed by atoms with Crippen molar-refractivity contribution in [2.75, 3.05) is 0 Å². The zero-order chi connectivity index (χ0) is 17.7. The van der Waals surface area contributed by atoms with E-state index in [1.165, 1.54) is 0 Å². The normalized spacial score (nSPS) is 8.79. The second-order valence-corrected chi connectivity index (χ2v) is 5.30. The molecule has 2 aromatic carbocycles. The molecule has 0 radical (unpaired) electrons. The number of thiocarbonyl (C=S) groups is 2. The fourth-order valence-corrected chi connectivity index (χ4v) is 1.81. The van der Waals surface area contributed by atoms with Crippen LogP contribution < -0.4 is 0 Å². The molecule has 5 heteroatoms. The molecule has 2 nitrogen and oxygen atoms in total. The largest absolute Gasteiger partial charge is 0.499 e. The van der Waals surface area contributed by atoms with Gasteiger partial charge in [0, 0.05) is 11.1 Å². The van der Waals surface area contributed by atoms with Crippen LogP contribution in [0.15, 0.2) is 66.7 Å². The molecule has 0 unspecified atom stereocenters. The van der Waals surface area contributed by atoms with Gasteiger partial charge in [0.25, 0.3) is 0 Å². The summed E-state index contributed by atoms with van der Waals surface area (Å²) in [7, 11) is 0. The number of hydrogen-bond acceptors (Lipinski definition) is 2. The summed E-state index contributed by atoms with van der Waals surface area (Å²) in [5, 5.41) is 17.9. The van der Waals surface area contributed by atoms with Crippen molar-refractivity contribution in [1.29, 1.82) is 0 Å². The Labute approximate surface area is 160 Å². The second-order valence-electron chi connectivity index (χ2n) is 4.12. The number of allylic oxidation sites excluding steroid dienone is 2. The molecule has 24 heavy (non-hydrogen) atoms. The first-order valence-corrected chi connectivity index (χ1v) is 7.96. The van der Waals surface area contributed by atoms with Gasteiger partial charge in [0.05, 0.1) is 5.02 Å². The molecule has 0 bridgehead atoms. The fraction of sp³-hybridized carbons (Fsp3) is 0.158. The van der Waals surface area contributed by atoms with Crippen LogP contribution in [0.1, 0.15) is 32.4 Å². The third-order valence-electron chi connectivity index (χ3n) is 2.46. The molecular formula is C19H23ClO2S2. The fourth-order valence-electron chi connectivity index (χ4n) is 1.22. The highest BCUT2D eigenvalue weighted by Gasteiger charge is 2.00. The maximum atomic E-state index is 8.85. The Kier molecular flexibility index (Phi) is 15.1. The molecule has 0 aromatic heterocycles. The number of benzene rings is 2. The van der Waals surface area contributed by atoms with Gasteiger partial charge in [-0.05, 0) is 50.4 Å². The third-order valence-corrected chi connectivity index (χ3v) is 3.24. The highest BCUT2D eigenvalue weighted by Crippen LogP contribution is 2.14. The van der Waals surface area contributed by atoms with E-state index in [0.29, 0.717) is 16.1 Å². The lowest BCUT2D eigenvalue weighted by Crippen LogP contribution is -1.93. The molecule has 0 saturated carbocycles. The van der Waals surface area contributed by atoms with Crippen LogP contribution in [-0.2, 0) is 0 Å². The molecule has 0 aliphatic carbocycles. The van der Waals surface area contributed by atoms with Gasteiger partial charge in [-0.25, -0.2) is 0 Å². The lowest BCUT2D eigenvalue weighted by molar-refractivity contribution is 0.570. The Balaban J connectivity index is 0. The Morgan fingerprint density at radius 2 is 1.29 bits per heavy atom. The number of halogens is 1. The van der Waals surface area contributed by atoms with Crippen LogP contribution in [0.2, 0.25) is 5.02 Å². The molecule has 0 aliphatic rings. The van der Waals surface area contributed by atoms with Gasteiger partial charge in [0.15, 0.2) is 10.1 Å². The van der Waals surface area contributed by atoms with Gasteiger partial charge in [-0.2, -0.15) is 0 Å². The highest BCUT2D eigenvalue weighted by molar-refractivity contribution is 7.80. The van der Waals surface area contributed by atoms with Crippen LogP contribution in [0.5, 0.6) is 0 Å². The van der Waals surface area contributed by atoms with Gasteiger partial charge in [0.1, 0.15) is 0 Å². The zero-order valence-electron chi connectivity index (χ0n) is 12.9. The van der Waals surface area contributed by atoms with Crippen molar-refractivity contribution in [2.24, 2.45) is 0 Å². The molecule has 2 rings (SSSR count). The average Bonchev–Trinajstić information content (AvgIpc) is 2.56. The summed E-state index contributed by atoms with van der Waals surface area (Å²) in [6, 6.07) is 16.0. The van der Waals surface area contributed by atoms with E-state index >= 15 is 0 Å². The molecule has 0 fully saturated rings. The Morgan fingerprint density at radius 3 is 1.58 bits per heavy atom. The van der Waals surface area contributed by atoms with E-state index in [-0.39, 0.29) is 17.5 Å². The number of aliphatic hydroxyl groups is 2. The van der Waals surface area contributed by atoms with Gasteiger partial charge in [0.2, 0.25) is 0 Å². The van der Waals surface area contributed by atoms with E-state index in [2.05, 4.69) is 24.4 Å². The van der Waals surface area contributed by atoms with Crippen molar-refractivity contribution in [3.8, 4) is 0 Å². The SMILES string of the molecule is C.CC=CC.OC(=S)c1ccccc1.OC(=S)c1ccccc1Cl. The zero-order valence-corrected chi connectivity index (χ0v) is 15.3. The molecule has 0 heterocycles. The van der Waals surface area contributed by atoms with Crippen molar-refractivity contribution >= 4 is 46.1 Å². The van der Waals surface area contributed by atoms with Gasteiger partial charge >= 0.3 is 0 Å². The van der Waals surface area contributed by atoms with Gasteiger partial charge in [-0.1, -0.05) is 73.6 Å². The molecule has 2 N–H and O–H groups in total. The first-order chi connectivity index (χ1) is 10.9. The van der Waals surface area contributed by atoms with Crippen LogP contribution >= 0.6 is 36.0 Å². The maximum absolute atomic E-state index is 8.85. The van der Waals surface area contributed by atoms with Crippen LogP contribution in [0, 0.1) is 0 Å². The second kappa shape index (κ2) is 14.8. The smallest absolute Gasteiger partial charge is 0.190 e.